The lowest BCUT2D eigenvalue weighted by molar-refractivity contribution is 0.766. The van der Waals surface area contributed by atoms with Crippen LogP contribution in [0.25, 0.3) is 0 Å². The van der Waals surface area contributed by atoms with E-state index in [1.165, 1.54) is 0 Å². The van der Waals surface area contributed by atoms with Crippen LogP contribution in [0.3, 0.4) is 0 Å². The zero-order chi connectivity index (χ0) is 13.5. The first kappa shape index (κ1) is 14.1. The maximum atomic E-state index is 12.2. The van der Waals surface area contributed by atoms with Gasteiger partial charge in [-0.05, 0) is 25.4 Å². The molecule has 2 rings (SSSR count). The Morgan fingerprint density at radius 1 is 0.842 bits per heavy atom. The lowest BCUT2D eigenvalue weighted by atomic mass is 10.0. The van der Waals surface area contributed by atoms with Crippen LogP contribution in [0, 0.1) is 11.3 Å². The molecule has 1 unspecified atom stereocenters. The third kappa shape index (κ3) is 4.39. The van der Waals surface area contributed by atoms with Crippen molar-refractivity contribution in [3.63, 3.8) is 0 Å². The van der Waals surface area contributed by atoms with E-state index in [-0.39, 0.29) is 14.2 Å². The molecule has 0 amide bonds. The Kier molecular flexibility index (Phi) is 5.46. The second-order valence-electron chi connectivity index (χ2n) is 3.87. The topological polar surface area (TPSA) is 0 Å². The molecule has 0 aromatic heterocycles. The highest BCUT2D eigenvalue weighted by Crippen LogP contribution is 2.42. The van der Waals surface area contributed by atoms with Crippen LogP contribution >= 0.6 is 17.1 Å². The van der Waals surface area contributed by atoms with Crippen molar-refractivity contribution in [3.05, 3.63) is 71.8 Å². The van der Waals surface area contributed by atoms with Crippen molar-refractivity contribution in [2.75, 3.05) is 0 Å². The maximum absolute atomic E-state index is 12.2. The number of hydrogen-bond donors (Lipinski definition) is 0. The molecule has 0 fully saturated rings. The van der Waals surface area contributed by atoms with Crippen LogP contribution in [0.4, 0.5) is 8.39 Å². The first-order valence-corrected chi connectivity index (χ1v) is 7.95. The summed E-state index contributed by atoms with van der Waals surface area (Å²) >= 11 is 0. The van der Waals surface area contributed by atoms with Gasteiger partial charge >= 0.3 is 8.54 Å². The van der Waals surface area contributed by atoms with Crippen LogP contribution in [-0.2, 0) is 0 Å². The third-order valence-electron chi connectivity index (χ3n) is 2.62. The highest BCUT2D eigenvalue weighted by atomic mass is 31.2. The quantitative estimate of drug-likeness (QED) is 0.508. The molecule has 0 heterocycles. The first-order chi connectivity index (χ1) is 9.27. The Balaban J connectivity index is 2.27. The van der Waals surface area contributed by atoms with Gasteiger partial charge in [0.25, 0.3) is 0 Å². The Morgan fingerprint density at radius 2 is 1.32 bits per heavy atom. The minimum atomic E-state index is -3.12. The van der Waals surface area contributed by atoms with Crippen molar-refractivity contribution in [1.29, 1.82) is 0 Å². The molecule has 0 nitrogen and oxygen atoms in total. The molecule has 19 heavy (non-hydrogen) atoms. The smallest absolute Gasteiger partial charge is 0.173 e. The van der Waals surface area contributed by atoms with Crippen molar-refractivity contribution in [2.24, 2.45) is 0 Å². The zero-order valence-corrected chi connectivity index (χ0v) is 11.9. The fourth-order valence-electron chi connectivity index (χ4n) is 1.80. The Morgan fingerprint density at radius 3 is 1.74 bits per heavy atom. The van der Waals surface area contributed by atoms with Gasteiger partial charge in [0, 0.05) is 5.66 Å². The summed E-state index contributed by atoms with van der Waals surface area (Å²) in [5.41, 5.74) is 6.95. The predicted molar refractivity (Wildman–Crippen MR) is 80.0 cm³/mol. The lowest BCUT2D eigenvalue weighted by Crippen LogP contribution is -1.93. The molecule has 2 aromatic rings. The summed E-state index contributed by atoms with van der Waals surface area (Å²) in [6, 6.07) is 19.8. The molecule has 0 aliphatic carbocycles. The van der Waals surface area contributed by atoms with Gasteiger partial charge in [-0.2, -0.15) is 8.39 Å². The van der Waals surface area contributed by atoms with E-state index in [0.717, 1.165) is 11.1 Å². The van der Waals surface area contributed by atoms with Gasteiger partial charge in [0.05, 0.1) is 0 Å². The molecule has 1 atom stereocenters. The molecular weight excluding hydrogens is 280 g/mol. The van der Waals surface area contributed by atoms with E-state index in [1.807, 2.05) is 66.3 Å². The number of halogens is 2. The summed E-state index contributed by atoms with van der Waals surface area (Å²) in [4.78, 5) is 0. The van der Waals surface area contributed by atoms with Gasteiger partial charge in [-0.25, -0.2) is 0 Å². The largest absolute Gasteiger partial charge is 0.344 e. The third-order valence-corrected chi connectivity index (χ3v) is 4.34. The van der Waals surface area contributed by atoms with E-state index in [9.17, 15) is 8.39 Å². The highest BCUT2D eigenvalue weighted by molar-refractivity contribution is 7.53. The van der Waals surface area contributed by atoms with E-state index >= 15 is 0 Å². The Labute approximate surface area is 115 Å². The molecule has 96 valence electrons. The minimum Gasteiger partial charge on any atom is -0.173 e. The van der Waals surface area contributed by atoms with Gasteiger partial charge in [0.15, 0.2) is 0 Å². The summed E-state index contributed by atoms with van der Waals surface area (Å²) in [6.07, 6.45) is 0. The average molecular weight is 292 g/mol. The van der Waals surface area contributed by atoms with Gasteiger partial charge in [-0.1, -0.05) is 66.3 Å². The molecule has 0 aliphatic heterocycles. The van der Waals surface area contributed by atoms with Crippen LogP contribution < -0.4 is 0 Å². The van der Waals surface area contributed by atoms with Crippen LogP contribution in [0.1, 0.15) is 16.8 Å². The van der Waals surface area contributed by atoms with Crippen molar-refractivity contribution >= 4 is 17.1 Å². The average Bonchev–Trinajstić information content (AvgIpc) is 2.45. The van der Waals surface area contributed by atoms with Crippen molar-refractivity contribution < 1.29 is 8.39 Å². The van der Waals surface area contributed by atoms with Gasteiger partial charge in [-0.3, -0.25) is 0 Å². The Hall–Kier alpha value is -1.28. The first-order valence-electron chi connectivity index (χ1n) is 5.75. The SMILES string of the molecule is FP(F)C#CPC(c1ccccc1)c1ccccc1. The van der Waals surface area contributed by atoms with E-state index in [0.29, 0.717) is 0 Å². The highest BCUT2D eigenvalue weighted by Gasteiger charge is 2.12. The number of benzene rings is 2. The molecule has 4 heteroatoms. The second kappa shape index (κ2) is 7.34. The van der Waals surface area contributed by atoms with Crippen molar-refractivity contribution in [2.45, 2.75) is 5.66 Å². The predicted octanol–water partition coefficient (Wildman–Crippen LogP) is 5.62. The standard InChI is InChI=1S/C15H12F2P2/c16-19(17)12-11-18-15(13-7-3-1-4-8-13)14-9-5-2-6-10-14/h1-10,15,18H. The number of rotatable bonds is 3. The molecule has 0 aliphatic rings. The van der Waals surface area contributed by atoms with E-state index in [1.54, 1.807) is 0 Å². The summed E-state index contributed by atoms with van der Waals surface area (Å²) in [6.45, 7) is 0. The van der Waals surface area contributed by atoms with E-state index in [2.05, 4.69) is 5.66 Å². The van der Waals surface area contributed by atoms with Gasteiger partial charge in [-0.15, -0.1) is 0 Å². The monoisotopic (exact) mass is 292 g/mol. The molecule has 0 N–H and O–H groups in total. The normalized spacial score (nSPS) is 10.9. The summed E-state index contributed by atoms with van der Waals surface area (Å²) in [7, 11) is -2.98. The molecule has 0 saturated heterocycles. The molecule has 0 spiro atoms. The molecule has 2 aromatic carbocycles. The molecule has 0 radical (unpaired) electrons. The fourth-order valence-corrected chi connectivity index (χ4v) is 3.26. The summed E-state index contributed by atoms with van der Waals surface area (Å²) in [5.74, 6) is 0. The molecule has 0 bridgehead atoms. The zero-order valence-electron chi connectivity index (χ0n) is 10.1. The van der Waals surface area contributed by atoms with Gasteiger partial charge in [0.1, 0.15) is 0 Å². The van der Waals surface area contributed by atoms with Crippen LogP contribution in [0.5, 0.6) is 0 Å². The summed E-state index contributed by atoms with van der Waals surface area (Å²) in [5, 5.41) is 0. The second-order valence-corrected chi connectivity index (χ2v) is 5.67. The van der Waals surface area contributed by atoms with E-state index in [4.69, 9.17) is 0 Å². The lowest BCUT2D eigenvalue weighted by Gasteiger charge is -2.14. The van der Waals surface area contributed by atoms with Crippen LogP contribution in [0.15, 0.2) is 60.7 Å². The van der Waals surface area contributed by atoms with Crippen molar-refractivity contribution in [3.8, 4) is 11.3 Å². The molecule has 0 saturated carbocycles. The number of hydrogen-bond acceptors (Lipinski definition) is 0. The van der Waals surface area contributed by atoms with E-state index < -0.39 is 8.54 Å². The maximum Gasteiger partial charge on any atom is 0.344 e. The van der Waals surface area contributed by atoms with Crippen molar-refractivity contribution in [1.82, 2.24) is 0 Å². The Bertz CT molecular complexity index is 519. The minimum absolute atomic E-state index is 0.0739. The summed E-state index contributed by atoms with van der Waals surface area (Å²) < 4.78 is 24.4. The fraction of sp³-hybridized carbons (Fsp3) is 0.0667. The molecular formula is C15H12F2P2. The van der Waals surface area contributed by atoms with Gasteiger partial charge in [0.2, 0.25) is 0 Å². The van der Waals surface area contributed by atoms with Crippen LogP contribution in [-0.4, -0.2) is 0 Å². The van der Waals surface area contributed by atoms with Gasteiger partial charge < -0.3 is 0 Å². The van der Waals surface area contributed by atoms with Crippen LogP contribution in [0.2, 0.25) is 0 Å².